The summed E-state index contributed by atoms with van der Waals surface area (Å²) in [7, 11) is 0. The van der Waals surface area contributed by atoms with Gasteiger partial charge >= 0.3 is 0 Å². The highest BCUT2D eigenvalue weighted by molar-refractivity contribution is 6.10. The second-order valence-corrected chi connectivity index (χ2v) is 13.5. The Balaban J connectivity index is 1.05. The molecule has 6 heteroatoms. The zero-order valence-corrected chi connectivity index (χ0v) is 29.0. The van der Waals surface area contributed by atoms with Gasteiger partial charge in [-0.2, -0.15) is 0 Å². The number of fused-ring (bicyclic) bond motifs is 8. The Bertz CT molecular complexity index is 3140. The van der Waals surface area contributed by atoms with Crippen molar-refractivity contribution in [2.45, 2.75) is 0 Å². The van der Waals surface area contributed by atoms with E-state index in [-0.39, 0.29) is 0 Å². The molecule has 0 N–H and O–H groups in total. The summed E-state index contributed by atoms with van der Waals surface area (Å²) in [6.07, 6.45) is 0. The second-order valence-electron chi connectivity index (χ2n) is 13.5. The molecule has 0 saturated heterocycles. The second kappa shape index (κ2) is 12.1. The topological polar surface area (TPSA) is 60.9 Å². The summed E-state index contributed by atoms with van der Waals surface area (Å²) in [4.78, 5) is 20.5. The lowest BCUT2D eigenvalue weighted by Gasteiger charge is -2.12. The molecule has 252 valence electrons. The Labute approximate surface area is 310 Å². The first-order valence-corrected chi connectivity index (χ1v) is 18.1. The van der Waals surface area contributed by atoms with Crippen LogP contribution in [0.1, 0.15) is 0 Å². The highest BCUT2D eigenvalue weighted by Crippen LogP contribution is 2.37. The van der Waals surface area contributed by atoms with Gasteiger partial charge in [-0.25, -0.2) is 19.9 Å². The van der Waals surface area contributed by atoms with Gasteiger partial charge in [0.05, 0.1) is 39.0 Å². The van der Waals surface area contributed by atoms with Gasteiger partial charge in [0.25, 0.3) is 0 Å². The van der Waals surface area contributed by atoms with E-state index in [1.165, 1.54) is 0 Å². The number of benzene rings is 7. The van der Waals surface area contributed by atoms with Crippen molar-refractivity contribution >= 4 is 49.4 Å². The van der Waals surface area contributed by atoms with E-state index >= 15 is 0 Å². The van der Waals surface area contributed by atoms with Crippen LogP contribution in [0.15, 0.2) is 182 Å². The fraction of sp³-hybridized carbons (Fsp3) is 0. The van der Waals surface area contributed by atoms with Gasteiger partial charge < -0.3 is 0 Å². The van der Waals surface area contributed by atoms with Crippen LogP contribution in [0.25, 0.3) is 100 Å². The third kappa shape index (κ3) is 4.81. The molecule has 0 fully saturated rings. The first-order chi connectivity index (χ1) is 26.8. The fourth-order valence-electron chi connectivity index (χ4n) is 7.75. The molecule has 6 nitrogen and oxygen atoms in total. The molecule has 4 aromatic heterocycles. The van der Waals surface area contributed by atoms with Crippen molar-refractivity contribution in [2.24, 2.45) is 0 Å². The number of rotatable bonds is 5. The van der Waals surface area contributed by atoms with E-state index in [0.717, 1.165) is 94.5 Å². The Hall–Kier alpha value is -7.44. The van der Waals surface area contributed by atoms with Gasteiger partial charge in [-0.15, -0.1) is 0 Å². The summed E-state index contributed by atoms with van der Waals surface area (Å²) in [5.41, 5.74) is 13.1. The number of imidazole rings is 1. The zero-order valence-electron chi connectivity index (χ0n) is 29.0. The Morgan fingerprint density at radius 3 is 1.61 bits per heavy atom. The third-order valence-corrected chi connectivity index (χ3v) is 10.3. The smallest absolute Gasteiger partial charge is 0.221 e. The standard InChI is InChI=1S/C48H30N6/c1-3-13-32(14-4-1)41-30-42(33-15-5-2-6-16-33)50-46(49-41)34-25-23-31(24-26-34)35-27-28-44-38(29-35)36-17-8-11-21-43(36)53(44)48-52-39-19-9-7-18-37(39)47-51-40-20-10-12-22-45(40)54(47)48/h1-30H. The van der Waals surface area contributed by atoms with Crippen LogP contribution in [-0.2, 0) is 0 Å². The molecule has 0 amide bonds. The number of hydrogen-bond acceptors (Lipinski definition) is 4. The normalized spacial score (nSPS) is 11.7. The maximum absolute atomic E-state index is 5.31. The highest BCUT2D eigenvalue weighted by atomic mass is 15.2. The Morgan fingerprint density at radius 2 is 0.889 bits per heavy atom. The van der Waals surface area contributed by atoms with Crippen LogP contribution >= 0.6 is 0 Å². The molecule has 0 aliphatic carbocycles. The highest BCUT2D eigenvalue weighted by Gasteiger charge is 2.20. The van der Waals surface area contributed by atoms with Gasteiger partial charge in [0, 0.05) is 32.8 Å². The van der Waals surface area contributed by atoms with Crippen LogP contribution in [0.4, 0.5) is 0 Å². The predicted molar refractivity (Wildman–Crippen MR) is 220 cm³/mol. The minimum absolute atomic E-state index is 0.696. The van der Waals surface area contributed by atoms with Crippen LogP contribution < -0.4 is 0 Å². The molecule has 11 aromatic rings. The quantitative estimate of drug-likeness (QED) is 0.180. The van der Waals surface area contributed by atoms with Crippen molar-refractivity contribution in [3.8, 4) is 51.0 Å². The lowest BCUT2D eigenvalue weighted by atomic mass is 10.0. The largest absolute Gasteiger partial charge is 0.279 e. The third-order valence-electron chi connectivity index (χ3n) is 10.3. The van der Waals surface area contributed by atoms with Crippen molar-refractivity contribution in [1.29, 1.82) is 0 Å². The van der Waals surface area contributed by atoms with Gasteiger partial charge in [-0.05, 0) is 59.7 Å². The van der Waals surface area contributed by atoms with Gasteiger partial charge in [0.15, 0.2) is 5.82 Å². The van der Waals surface area contributed by atoms with Crippen LogP contribution in [0.2, 0.25) is 0 Å². The molecule has 0 aliphatic rings. The van der Waals surface area contributed by atoms with Crippen LogP contribution in [0.3, 0.4) is 0 Å². The SMILES string of the molecule is c1ccc(-c2cc(-c3ccccc3)nc(-c3ccc(-c4ccc5c(c4)c4ccccc4n5-c4nc5ccccc5c5nc6ccccc6n45)cc3)n2)cc1. The number of aromatic nitrogens is 6. The molecular formula is C48H30N6. The molecule has 0 radical (unpaired) electrons. The molecule has 0 spiro atoms. The molecule has 0 saturated carbocycles. The van der Waals surface area contributed by atoms with E-state index in [2.05, 4.69) is 136 Å². The van der Waals surface area contributed by atoms with Crippen molar-refractivity contribution < 1.29 is 0 Å². The molecule has 11 rings (SSSR count). The Kier molecular flexibility index (Phi) is 6.75. The first kappa shape index (κ1) is 30.2. The summed E-state index contributed by atoms with van der Waals surface area (Å²) >= 11 is 0. The van der Waals surface area contributed by atoms with Crippen LogP contribution in [0.5, 0.6) is 0 Å². The summed E-state index contributed by atoms with van der Waals surface area (Å²) in [6, 6.07) is 63.1. The zero-order chi connectivity index (χ0) is 35.6. The summed E-state index contributed by atoms with van der Waals surface area (Å²) in [6.45, 7) is 0. The maximum atomic E-state index is 5.31. The van der Waals surface area contributed by atoms with Crippen molar-refractivity contribution in [2.75, 3.05) is 0 Å². The number of para-hydroxylation sites is 4. The number of hydrogen-bond donors (Lipinski definition) is 0. The van der Waals surface area contributed by atoms with Crippen molar-refractivity contribution in [1.82, 2.24) is 28.9 Å². The first-order valence-electron chi connectivity index (χ1n) is 18.1. The summed E-state index contributed by atoms with van der Waals surface area (Å²) in [5.74, 6) is 1.51. The van der Waals surface area contributed by atoms with Crippen LogP contribution in [-0.4, -0.2) is 28.9 Å². The van der Waals surface area contributed by atoms with E-state index in [1.807, 2.05) is 54.6 Å². The lowest BCUT2D eigenvalue weighted by molar-refractivity contribution is 0.979. The summed E-state index contributed by atoms with van der Waals surface area (Å²) < 4.78 is 4.49. The molecule has 54 heavy (non-hydrogen) atoms. The fourth-order valence-corrected chi connectivity index (χ4v) is 7.75. The van der Waals surface area contributed by atoms with Crippen molar-refractivity contribution in [3.05, 3.63) is 182 Å². The van der Waals surface area contributed by atoms with Gasteiger partial charge in [-0.3, -0.25) is 8.97 Å². The van der Waals surface area contributed by atoms with E-state index in [1.54, 1.807) is 0 Å². The maximum Gasteiger partial charge on any atom is 0.221 e. The van der Waals surface area contributed by atoms with E-state index in [4.69, 9.17) is 19.9 Å². The van der Waals surface area contributed by atoms with E-state index in [0.29, 0.717) is 5.82 Å². The molecule has 0 bridgehead atoms. The molecule has 0 atom stereocenters. The number of nitrogens with zero attached hydrogens (tertiary/aromatic N) is 6. The minimum atomic E-state index is 0.696. The van der Waals surface area contributed by atoms with E-state index < -0.39 is 0 Å². The minimum Gasteiger partial charge on any atom is -0.279 e. The van der Waals surface area contributed by atoms with Gasteiger partial charge in [0.1, 0.15) is 5.65 Å². The van der Waals surface area contributed by atoms with Crippen molar-refractivity contribution in [3.63, 3.8) is 0 Å². The predicted octanol–water partition coefficient (Wildman–Crippen LogP) is 11.6. The van der Waals surface area contributed by atoms with Crippen LogP contribution in [0, 0.1) is 0 Å². The molecule has 4 heterocycles. The Morgan fingerprint density at radius 1 is 0.333 bits per heavy atom. The monoisotopic (exact) mass is 690 g/mol. The summed E-state index contributed by atoms with van der Waals surface area (Å²) in [5, 5.41) is 3.35. The molecule has 0 aliphatic heterocycles. The van der Waals surface area contributed by atoms with Gasteiger partial charge in [-0.1, -0.05) is 133 Å². The van der Waals surface area contributed by atoms with E-state index in [9.17, 15) is 0 Å². The average Bonchev–Trinajstić information content (AvgIpc) is 3.80. The molecule has 0 unspecified atom stereocenters. The molecule has 7 aromatic carbocycles. The molecular weight excluding hydrogens is 661 g/mol. The average molecular weight is 691 g/mol. The lowest BCUT2D eigenvalue weighted by Crippen LogP contribution is -2.06. The van der Waals surface area contributed by atoms with Gasteiger partial charge in [0.2, 0.25) is 5.95 Å².